The molecular weight excluding hydrogens is 274 g/mol. The lowest BCUT2D eigenvalue weighted by Crippen LogP contribution is -2.44. The van der Waals surface area contributed by atoms with E-state index in [0.717, 1.165) is 31.7 Å². The predicted molar refractivity (Wildman–Crippen MR) is 77.7 cm³/mol. The molecule has 0 radical (unpaired) electrons. The van der Waals surface area contributed by atoms with Crippen molar-refractivity contribution in [1.29, 1.82) is 0 Å². The van der Waals surface area contributed by atoms with Gasteiger partial charge in [0.2, 0.25) is 5.91 Å². The summed E-state index contributed by atoms with van der Waals surface area (Å²) in [5.74, 6) is -1.98. The number of carbonyl (C=O) groups excluding carboxylic acids is 1. The molecule has 0 saturated heterocycles. The molecule has 1 aliphatic carbocycles. The third-order valence-electron chi connectivity index (χ3n) is 4.22. The summed E-state index contributed by atoms with van der Waals surface area (Å²) < 4.78 is 26.9. The van der Waals surface area contributed by atoms with Crippen LogP contribution in [0.5, 0.6) is 0 Å². The van der Waals surface area contributed by atoms with Crippen molar-refractivity contribution in [2.45, 2.75) is 51.1 Å². The van der Waals surface area contributed by atoms with Crippen LogP contribution in [0.4, 0.5) is 8.78 Å². The van der Waals surface area contributed by atoms with Gasteiger partial charge in [-0.25, -0.2) is 8.78 Å². The van der Waals surface area contributed by atoms with E-state index in [9.17, 15) is 13.6 Å². The van der Waals surface area contributed by atoms with Crippen LogP contribution in [-0.4, -0.2) is 29.4 Å². The zero-order valence-corrected chi connectivity index (χ0v) is 12.3. The third kappa shape index (κ3) is 3.79. The highest BCUT2D eigenvalue weighted by molar-refractivity contribution is 5.79. The van der Waals surface area contributed by atoms with Crippen LogP contribution in [-0.2, 0) is 11.2 Å². The van der Waals surface area contributed by atoms with Crippen LogP contribution >= 0.6 is 0 Å². The Balaban J connectivity index is 2.05. The summed E-state index contributed by atoms with van der Waals surface area (Å²) >= 11 is 0. The fourth-order valence-electron chi connectivity index (χ4n) is 3.00. The molecule has 3 nitrogen and oxygen atoms in total. The van der Waals surface area contributed by atoms with Crippen molar-refractivity contribution in [1.82, 2.24) is 4.90 Å². The zero-order chi connectivity index (χ0) is 15.4. The lowest BCUT2D eigenvalue weighted by atomic mass is 9.90. The molecule has 1 aromatic rings. The summed E-state index contributed by atoms with van der Waals surface area (Å²) in [5, 5.41) is 0. The average molecular weight is 296 g/mol. The molecule has 1 amide bonds. The number of likely N-dealkylation sites (N-methyl/N-ethyl adjacent to an activating group) is 1. The first-order valence-corrected chi connectivity index (χ1v) is 7.50. The van der Waals surface area contributed by atoms with Gasteiger partial charge in [0.05, 0.1) is 6.42 Å². The van der Waals surface area contributed by atoms with E-state index in [0.29, 0.717) is 6.54 Å². The lowest BCUT2D eigenvalue weighted by Gasteiger charge is -2.35. The fourth-order valence-corrected chi connectivity index (χ4v) is 3.00. The number of hydrogen-bond donors (Lipinski definition) is 1. The average Bonchev–Trinajstić information content (AvgIpc) is 2.47. The van der Waals surface area contributed by atoms with Crippen molar-refractivity contribution in [3.05, 3.63) is 35.4 Å². The third-order valence-corrected chi connectivity index (χ3v) is 4.22. The van der Waals surface area contributed by atoms with E-state index in [4.69, 9.17) is 5.73 Å². The number of amides is 1. The largest absolute Gasteiger partial charge is 0.340 e. The number of carbonyl (C=O) groups is 1. The molecule has 0 aliphatic heterocycles. The second-order valence-corrected chi connectivity index (χ2v) is 5.64. The Morgan fingerprint density at radius 1 is 1.29 bits per heavy atom. The second kappa shape index (κ2) is 6.98. The summed E-state index contributed by atoms with van der Waals surface area (Å²) in [6.07, 6.45) is 3.48. The minimum Gasteiger partial charge on any atom is -0.340 e. The normalized spacial score (nSPS) is 22.1. The van der Waals surface area contributed by atoms with Crippen molar-refractivity contribution in [2.24, 2.45) is 5.73 Å². The molecule has 0 heterocycles. The zero-order valence-electron chi connectivity index (χ0n) is 12.3. The smallest absolute Gasteiger partial charge is 0.227 e. The molecule has 2 N–H and O–H groups in total. The molecule has 1 saturated carbocycles. The lowest BCUT2D eigenvalue weighted by molar-refractivity contribution is -0.133. The second-order valence-electron chi connectivity index (χ2n) is 5.64. The van der Waals surface area contributed by atoms with Gasteiger partial charge in [-0.15, -0.1) is 0 Å². The maximum atomic E-state index is 13.7. The number of hydrogen-bond acceptors (Lipinski definition) is 2. The van der Waals surface area contributed by atoms with Crippen molar-refractivity contribution in [3.8, 4) is 0 Å². The molecule has 0 spiro atoms. The topological polar surface area (TPSA) is 46.3 Å². The van der Waals surface area contributed by atoms with E-state index >= 15 is 0 Å². The number of nitrogens with two attached hydrogens (primary N) is 1. The van der Waals surface area contributed by atoms with Gasteiger partial charge in [-0.3, -0.25) is 4.79 Å². The standard InChI is InChI=1S/C16H22F2N2O/c1-2-20(13-8-6-12(19)7-9-13)15(21)10-11-4-3-5-14(17)16(11)18/h3-5,12-13H,2,6-10,19H2,1H3. The van der Waals surface area contributed by atoms with Crippen molar-refractivity contribution >= 4 is 5.91 Å². The SMILES string of the molecule is CCN(C(=O)Cc1cccc(F)c1F)C1CCC(N)CC1. The highest BCUT2D eigenvalue weighted by Crippen LogP contribution is 2.23. The Labute approximate surface area is 124 Å². The molecule has 0 bridgehead atoms. The number of benzene rings is 1. The van der Waals surface area contributed by atoms with Crippen LogP contribution in [0.15, 0.2) is 18.2 Å². The molecule has 1 aliphatic rings. The van der Waals surface area contributed by atoms with E-state index in [1.54, 1.807) is 4.90 Å². The number of rotatable bonds is 4. The summed E-state index contributed by atoms with van der Waals surface area (Å²) in [6.45, 7) is 2.49. The first-order chi connectivity index (χ1) is 10.0. The fraction of sp³-hybridized carbons (Fsp3) is 0.562. The maximum Gasteiger partial charge on any atom is 0.227 e. The number of halogens is 2. The molecule has 2 rings (SSSR count). The molecule has 0 unspecified atom stereocenters. The van der Waals surface area contributed by atoms with Crippen LogP contribution in [0.25, 0.3) is 0 Å². The molecule has 116 valence electrons. The highest BCUT2D eigenvalue weighted by Gasteiger charge is 2.27. The van der Waals surface area contributed by atoms with Gasteiger partial charge in [0.15, 0.2) is 11.6 Å². The summed E-state index contributed by atoms with van der Waals surface area (Å²) in [5.41, 5.74) is 6.00. The van der Waals surface area contributed by atoms with E-state index in [1.807, 2.05) is 6.92 Å². The molecular formula is C16H22F2N2O. The van der Waals surface area contributed by atoms with Gasteiger partial charge in [-0.05, 0) is 38.7 Å². The molecule has 21 heavy (non-hydrogen) atoms. The first kappa shape index (κ1) is 15.9. The van der Waals surface area contributed by atoms with Gasteiger partial charge < -0.3 is 10.6 Å². The predicted octanol–water partition coefficient (Wildman–Crippen LogP) is 2.63. The highest BCUT2D eigenvalue weighted by atomic mass is 19.2. The van der Waals surface area contributed by atoms with Crippen LogP contribution in [0, 0.1) is 11.6 Å². The summed E-state index contributed by atoms with van der Waals surface area (Å²) in [6, 6.07) is 4.33. The molecule has 0 atom stereocenters. The van der Waals surface area contributed by atoms with E-state index < -0.39 is 11.6 Å². The molecule has 0 aromatic heterocycles. The Morgan fingerprint density at radius 2 is 1.95 bits per heavy atom. The molecule has 5 heteroatoms. The van der Waals surface area contributed by atoms with Gasteiger partial charge in [-0.2, -0.15) is 0 Å². The Bertz CT molecular complexity index is 499. The van der Waals surface area contributed by atoms with Crippen LogP contribution in [0.1, 0.15) is 38.2 Å². The van der Waals surface area contributed by atoms with E-state index in [1.165, 1.54) is 12.1 Å². The van der Waals surface area contributed by atoms with Gasteiger partial charge >= 0.3 is 0 Å². The van der Waals surface area contributed by atoms with Gasteiger partial charge in [-0.1, -0.05) is 12.1 Å². The van der Waals surface area contributed by atoms with Gasteiger partial charge in [0.1, 0.15) is 0 Å². The number of nitrogens with zero attached hydrogens (tertiary/aromatic N) is 1. The molecule has 1 aromatic carbocycles. The van der Waals surface area contributed by atoms with Crippen LogP contribution in [0.3, 0.4) is 0 Å². The maximum absolute atomic E-state index is 13.7. The Hall–Kier alpha value is -1.49. The van der Waals surface area contributed by atoms with Gasteiger partial charge in [0, 0.05) is 24.2 Å². The van der Waals surface area contributed by atoms with Crippen LogP contribution in [0.2, 0.25) is 0 Å². The minimum atomic E-state index is -0.924. The van der Waals surface area contributed by atoms with Crippen molar-refractivity contribution < 1.29 is 13.6 Å². The molecule has 1 fully saturated rings. The Kier molecular flexibility index (Phi) is 5.28. The summed E-state index contributed by atoms with van der Waals surface area (Å²) in [4.78, 5) is 14.2. The minimum absolute atomic E-state index is 0.0972. The summed E-state index contributed by atoms with van der Waals surface area (Å²) in [7, 11) is 0. The quantitative estimate of drug-likeness (QED) is 0.928. The van der Waals surface area contributed by atoms with Crippen molar-refractivity contribution in [2.75, 3.05) is 6.54 Å². The monoisotopic (exact) mass is 296 g/mol. The first-order valence-electron chi connectivity index (χ1n) is 7.50. The van der Waals surface area contributed by atoms with Crippen molar-refractivity contribution in [3.63, 3.8) is 0 Å². The van der Waals surface area contributed by atoms with Gasteiger partial charge in [0.25, 0.3) is 0 Å². The van der Waals surface area contributed by atoms with E-state index in [-0.39, 0.29) is 30.0 Å². The Morgan fingerprint density at radius 3 is 2.57 bits per heavy atom. The van der Waals surface area contributed by atoms with Crippen LogP contribution < -0.4 is 5.73 Å². The van der Waals surface area contributed by atoms with E-state index in [2.05, 4.69) is 0 Å².